The third-order valence-corrected chi connectivity index (χ3v) is 5.18. The van der Waals surface area contributed by atoms with E-state index in [-0.39, 0.29) is 5.78 Å². The van der Waals surface area contributed by atoms with Crippen LogP contribution in [-0.2, 0) is 4.79 Å². The molecule has 6 heteroatoms. The summed E-state index contributed by atoms with van der Waals surface area (Å²) < 4.78 is 0. The molecule has 1 N–H and O–H groups in total. The lowest BCUT2D eigenvalue weighted by atomic mass is 10.2. The van der Waals surface area contributed by atoms with Crippen molar-refractivity contribution in [2.75, 3.05) is 5.43 Å². The first kappa shape index (κ1) is 17.5. The smallest absolute Gasteiger partial charge is 0.186 e. The van der Waals surface area contributed by atoms with Gasteiger partial charge in [0, 0.05) is 28.4 Å². The van der Waals surface area contributed by atoms with Gasteiger partial charge in [-0.15, -0.1) is 0 Å². The van der Waals surface area contributed by atoms with Crippen molar-refractivity contribution in [3.8, 4) is 0 Å². The van der Waals surface area contributed by atoms with E-state index in [1.54, 1.807) is 6.20 Å². The van der Waals surface area contributed by atoms with Crippen molar-refractivity contribution in [3.63, 3.8) is 0 Å². The number of carbonyl (C=O) groups excluding carboxylic acids is 1. The minimum absolute atomic E-state index is 0.120. The number of nitrogens with zero attached hydrogens (tertiary/aromatic N) is 2. The van der Waals surface area contributed by atoms with E-state index in [0.717, 1.165) is 27.0 Å². The highest BCUT2D eigenvalue weighted by atomic mass is 35.5. The molecule has 0 amide bonds. The molecule has 0 unspecified atom stereocenters. The lowest BCUT2D eigenvalue weighted by Crippen LogP contribution is -2.08. The van der Waals surface area contributed by atoms with Crippen molar-refractivity contribution in [2.24, 2.45) is 5.10 Å². The number of hydrogen-bond donors (Lipinski definition) is 1. The minimum Gasteiger partial charge on any atom is -0.292 e. The predicted octanol–water partition coefficient (Wildman–Crippen LogP) is 5.30. The Labute approximate surface area is 155 Å². The first-order chi connectivity index (χ1) is 12.1. The highest BCUT2D eigenvalue weighted by Crippen LogP contribution is 2.28. The standard InChI is InChI=1S/C19H16ClN3OS/c1-12-15(20)8-4-9-16(12)22-23-19(13(2)24)25-17-10-3-6-14-7-5-11-21-18(14)17/h3-11,22H,1-2H3/b23-19-. The number of halogens is 1. The van der Waals surface area contributed by atoms with Gasteiger partial charge in [-0.25, -0.2) is 0 Å². The quantitative estimate of drug-likeness (QED) is 0.293. The highest BCUT2D eigenvalue weighted by molar-refractivity contribution is 8.15. The van der Waals surface area contributed by atoms with Gasteiger partial charge < -0.3 is 0 Å². The number of anilines is 1. The van der Waals surface area contributed by atoms with Gasteiger partial charge in [-0.1, -0.05) is 47.6 Å². The summed E-state index contributed by atoms with van der Waals surface area (Å²) in [6.45, 7) is 3.40. The molecule has 0 fully saturated rings. The summed E-state index contributed by atoms with van der Waals surface area (Å²) in [7, 11) is 0. The summed E-state index contributed by atoms with van der Waals surface area (Å²) in [6, 6.07) is 15.3. The lowest BCUT2D eigenvalue weighted by molar-refractivity contribution is -0.110. The SMILES string of the molecule is CC(=O)/C(=N/Nc1cccc(Cl)c1C)Sc1cccc2cccnc12. The number of Topliss-reactive ketones (excluding diaryl/α,β-unsaturated/α-hetero) is 1. The van der Waals surface area contributed by atoms with E-state index >= 15 is 0 Å². The molecule has 2 aromatic carbocycles. The van der Waals surface area contributed by atoms with Crippen LogP contribution in [0.15, 0.2) is 64.7 Å². The normalized spacial score (nSPS) is 11.6. The van der Waals surface area contributed by atoms with Crippen LogP contribution < -0.4 is 5.43 Å². The molecule has 3 rings (SSSR count). The average Bonchev–Trinajstić information content (AvgIpc) is 2.61. The van der Waals surface area contributed by atoms with Crippen LogP contribution in [0.2, 0.25) is 5.02 Å². The zero-order chi connectivity index (χ0) is 17.8. The van der Waals surface area contributed by atoms with Gasteiger partial charge >= 0.3 is 0 Å². The fourth-order valence-corrected chi connectivity index (χ4v) is 3.31. The molecule has 0 aliphatic rings. The molecule has 0 saturated heterocycles. The van der Waals surface area contributed by atoms with E-state index in [0.29, 0.717) is 10.1 Å². The van der Waals surface area contributed by atoms with Gasteiger partial charge in [-0.05, 0) is 36.8 Å². The van der Waals surface area contributed by atoms with Gasteiger partial charge in [0.25, 0.3) is 0 Å². The molecule has 0 spiro atoms. The molecule has 0 atom stereocenters. The van der Waals surface area contributed by atoms with Crippen molar-refractivity contribution in [3.05, 3.63) is 65.3 Å². The van der Waals surface area contributed by atoms with Gasteiger partial charge in [-0.3, -0.25) is 15.2 Å². The van der Waals surface area contributed by atoms with Gasteiger partial charge in [0.15, 0.2) is 10.8 Å². The van der Waals surface area contributed by atoms with Gasteiger partial charge in [0.1, 0.15) is 0 Å². The number of carbonyl (C=O) groups is 1. The van der Waals surface area contributed by atoms with Gasteiger partial charge in [0.05, 0.1) is 11.2 Å². The van der Waals surface area contributed by atoms with Crippen molar-refractivity contribution in [1.29, 1.82) is 0 Å². The predicted molar refractivity (Wildman–Crippen MR) is 106 cm³/mol. The molecule has 1 heterocycles. The van der Waals surface area contributed by atoms with E-state index < -0.39 is 0 Å². The average molecular weight is 370 g/mol. The number of ketones is 1. The molecule has 0 aliphatic carbocycles. The minimum atomic E-state index is -0.120. The number of hydrazone groups is 1. The second kappa shape index (κ2) is 7.68. The van der Waals surface area contributed by atoms with E-state index in [9.17, 15) is 4.79 Å². The Balaban J connectivity index is 1.91. The maximum Gasteiger partial charge on any atom is 0.186 e. The van der Waals surface area contributed by atoms with Crippen molar-refractivity contribution in [1.82, 2.24) is 4.98 Å². The van der Waals surface area contributed by atoms with Crippen LogP contribution in [0.1, 0.15) is 12.5 Å². The van der Waals surface area contributed by atoms with Crippen LogP contribution in [-0.4, -0.2) is 15.8 Å². The first-order valence-electron chi connectivity index (χ1n) is 7.67. The summed E-state index contributed by atoms with van der Waals surface area (Å²) in [5.41, 5.74) is 5.44. The molecule has 0 aliphatic heterocycles. The second-order valence-corrected chi connectivity index (χ2v) is 6.87. The van der Waals surface area contributed by atoms with Crippen molar-refractivity contribution >= 4 is 50.8 Å². The number of pyridine rings is 1. The zero-order valence-electron chi connectivity index (χ0n) is 13.8. The fraction of sp³-hybridized carbons (Fsp3) is 0.105. The summed E-state index contributed by atoms with van der Waals surface area (Å²) in [4.78, 5) is 17.3. The summed E-state index contributed by atoms with van der Waals surface area (Å²) in [5, 5.41) is 6.32. The molecule has 1 aromatic heterocycles. The fourth-order valence-electron chi connectivity index (χ4n) is 2.28. The third kappa shape index (κ3) is 4.00. The molecular formula is C19H16ClN3OS. The van der Waals surface area contributed by atoms with Crippen molar-refractivity contribution < 1.29 is 4.79 Å². The van der Waals surface area contributed by atoms with Gasteiger partial charge in [-0.2, -0.15) is 5.10 Å². The monoisotopic (exact) mass is 369 g/mol. The molecule has 0 bridgehead atoms. The number of rotatable bonds is 4. The Hall–Kier alpha value is -2.37. The molecule has 3 aromatic rings. The number of nitrogens with one attached hydrogen (secondary N) is 1. The summed E-state index contributed by atoms with van der Waals surface area (Å²) >= 11 is 7.42. The van der Waals surface area contributed by atoms with E-state index in [1.165, 1.54) is 18.7 Å². The lowest BCUT2D eigenvalue weighted by Gasteiger charge is -2.09. The Kier molecular flexibility index (Phi) is 5.36. The van der Waals surface area contributed by atoms with Crippen LogP contribution in [0.4, 0.5) is 5.69 Å². The second-order valence-electron chi connectivity index (χ2n) is 5.43. The number of thioether (sulfide) groups is 1. The highest BCUT2D eigenvalue weighted by Gasteiger charge is 2.12. The third-order valence-electron chi connectivity index (χ3n) is 3.65. The number of benzene rings is 2. The first-order valence-corrected chi connectivity index (χ1v) is 8.87. The molecule has 4 nitrogen and oxygen atoms in total. The summed E-state index contributed by atoms with van der Waals surface area (Å²) in [5.74, 6) is -0.120. The largest absolute Gasteiger partial charge is 0.292 e. The topological polar surface area (TPSA) is 54.4 Å². The zero-order valence-corrected chi connectivity index (χ0v) is 15.4. The molecule has 0 radical (unpaired) electrons. The Morgan fingerprint density at radius 1 is 1.16 bits per heavy atom. The molecule has 25 heavy (non-hydrogen) atoms. The number of aromatic nitrogens is 1. The Bertz CT molecular complexity index is 967. The van der Waals surface area contributed by atoms with Crippen LogP contribution in [0.3, 0.4) is 0 Å². The number of para-hydroxylation sites is 1. The van der Waals surface area contributed by atoms with Crippen molar-refractivity contribution in [2.45, 2.75) is 18.7 Å². The van der Waals surface area contributed by atoms with E-state index in [4.69, 9.17) is 11.6 Å². The maximum atomic E-state index is 12.0. The molecule has 0 saturated carbocycles. The number of fused-ring (bicyclic) bond motifs is 1. The molecular weight excluding hydrogens is 354 g/mol. The maximum absolute atomic E-state index is 12.0. The van der Waals surface area contributed by atoms with Gasteiger partial charge in [0.2, 0.25) is 0 Å². The van der Waals surface area contributed by atoms with E-state index in [2.05, 4.69) is 15.5 Å². The van der Waals surface area contributed by atoms with Crippen LogP contribution >= 0.6 is 23.4 Å². The number of hydrogen-bond acceptors (Lipinski definition) is 5. The van der Waals surface area contributed by atoms with Crippen LogP contribution in [0, 0.1) is 6.92 Å². The van der Waals surface area contributed by atoms with Crippen LogP contribution in [0.25, 0.3) is 10.9 Å². The van der Waals surface area contributed by atoms with Crippen LogP contribution in [0.5, 0.6) is 0 Å². The Morgan fingerprint density at radius 3 is 2.72 bits per heavy atom. The summed E-state index contributed by atoms with van der Waals surface area (Å²) in [6.07, 6.45) is 1.74. The van der Waals surface area contributed by atoms with E-state index in [1.807, 2.05) is 55.5 Å². The Morgan fingerprint density at radius 2 is 1.92 bits per heavy atom. The molecule has 126 valence electrons.